The molecule has 104 valence electrons. The maximum absolute atomic E-state index is 12.1. The lowest BCUT2D eigenvalue weighted by molar-refractivity contribution is 0.0607. The number of amides is 2. The van der Waals surface area contributed by atoms with Crippen molar-refractivity contribution in [1.82, 2.24) is 4.90 Å². The van der Waals surface area contributed by atoms with Gasteiger partial charge in [0.2, 0.25) is 0 Å². The van der Waals surface area contributed by atoms with Crippen LogP contribution in [-0.2, 0) is 4.74 Å². The van der Waals surface area contributed by atoms with Gasteiger partial charge in [-0.3, -0.25) is 0 Å². The van der Waals surface area contributed by atoms with E-state index >= 15 is 0 Å². The molecule has 1 aliphatic heterocycles. The van der Waals surface area contributed by atoms with E-state index in [4.69, 9.17) is 4.74 Å². The van der Waals surface area contributed by atoms with E-state index in [0.717, 1.165) is 31.5 Å². The summed E-state index contributed by atoms with van der Waals surface area (Å²) in [5.74, 6) is -0.410. The Kier molecular flexibility index (Phi) is 4.42. The van der Waals surface area contributed by atoms with Crippen molar-refractivity contribution in [2.75, 3.05) is 25.5 Å². The lowest BCUT2D eigenvalue weighted by atomic mass is 10.1. The summed E-state index contributed by atoms with van der Waals surface area (Å²) in [5.41, 5.74) is 1.46. The first kappa shape index (κ1) is 13.9. The number of thiophene rings is 1. The van der Waals surface area contributed by atoms with Crippen LogP contribution in [0.5, 0.6) is 0 Å². The van der Waals surface area contributed by atoms with E-state index in [2.05, 4.69) is 5.32 Å². The molecule has 0 atom stereocenters. The van der Waals surface area contributed by atoms with Gasteiger partial charge in [-0.2, -0.15) is 0 Å². The lowest BCUT2D eigenvalue weighted by Gasteiger charge is -2.26. The molecule has 0 spiro atoms. The minimum Gasteiger partial charge on any atom is -0.465 e. The number of aryl methyl sites for hydroxylation is 1. The van der Waals surface area contributed by atoms with Gasteiger partial charge in [0.05, 0.1) is 12.8 Å². The zero-order valence-electron chi connectivity index (χ0n) is 11.2. The summed E-state index contributed by atoms with van der Waals surface area (Å²) in [7, 11) is 1.34. The summed E-state index contributed by atoms with van der Waals surface area (Å²) in [6.45, 7) is 3.43. The van der Waals surface area contributed by atoms with Crippen LogP contribution in [0.3, 0.4) is 0 Å². The number of hydrogen-bond donors (Lipinski definition) is 1. The molecule has 0 radical (unpaired) electrons. The molecule has 2 rings (SSSR count). The van der Waals surface area contributed by atoms with Crippen LogP contribution in [0, 0.1) is 6.92 Å². The normalized spacial score (nSPS) is 15.2. The van der Waals surface area contributed by atoms with Gasteiger partial charge >= 0.3 is 12.0 Å². The van der Waals surface area contributed by atoms with Gasteiger partial charge in [-0.15, -0.1) is 11.3 Å². The first-order chi connectivity index (χ1) is 9.13. The third kappa shape index (κ3) is 3.07. The number of nitrogens with zero attached hydrogens (tertiary/aromatic N) is 1. The van der Waals surface area contributed by atoms with Crippen LogP contribution >= 0.6 is 11.3 Å². The largest absolute Gasteiger partial charge is 0.465 e. The zero-order chi connectivity index (χ0) is 13.8. The Morgan fingerprint density at radius 2 is 2.00 bits per heavy atom. The highest BCUT2D eigenvalue weighted by Gasteiger charge is 2.22. The summed E-state index contributed by atoms with van der Waals surface area (Å²) >= 11 is 1.29. The van der Waals surface area contributed by atoms with E-state index < -0.39 is 5.97 Å². The smallest absolute Gasteiger partial charge is 0.350 e. The molecule has 6 heteroatoms. The van der Waals surface area contributed by atoms with Crippen LogP contribution in [0.1, 0.15) is 34.5 Å². The summed E-state index contributed by atoms with van der Waals surface area (Å²) in [5, 5.41) is 4.69. The van der Waals surface area contributed by atoms with Gasteiger partial charge < -0.3 is 15.0 Å². The fraction of sp³-hybridized carbons (Fsp3) is 0.538. The van der Waals surface area contributed by atoms with Gasteiger partial charge in [-0.25, -0.2) is 9.59 Å². The molecule has 1 saturated heterocycles. The Morgan fingerprint density at radius 3 is 2.63 bits per heavy atom. The number of ether oxygens (including phenoxy) is 1. The van der Waals surface area contributed by atoms with Gasteiger partial charge in [-0.1, -0.05) is 0 Å². The van der Waals surface area contributed by atoms with E-state index in [1.807, 2.05) is 12.3 Å². The number of hydrogen-bond acceptors (Lipinski definition) is 4. The number of methoxy groups -OCH3 is 1. The van der Waals surface area contributed by atoms with Crippen molar-refractivity contribution in [3.63, 3.8) is 0 Å². The predicted molar refractivity (Wildman–Crippen MR) is 74.8 cm³/mol. The Hall–Kier alpha value is -1.56. The van der Waals surface area contributed by atoms with Crippen molar-refractivity contribution in [2.24, 2.45) is 0 Å². The number of urea groups is 1. The minimum absolute atomic E-state index is 0.133. The Balaban J connectivity index is 2.11. The first-order valence-electron chi connectivity index (χ1n) is 6.36. The SMILES string of the molecule is COC(=O)c1scc(C)c1NC(=O)N1CCCCC1. The van der Waals surface area contributed by atoms with E-state index in [9.17, 15) is 9.59 Å². The van der Waals surface area contributed by atoms with Gasteiger partial charge in [-0.05, 0) is 37.1 Å². The molecule has 1 aliphatic rings. The molecule has 0 aliphatic carbocycles. The van der Waals surface area contributed by atoms with E-state index in [1.165, 1.54) is 24.9 Å². The van der Waals surface area contributed by atoms with Crippen molar-refractivity contribution in [1.29, 1.82) is 0 Å². The minimum atomic E-state index is -0.410. The zero-order valence-corrected chi connectivity index (χ0v) is 12.0. The molecule has 0 unspecified atom stereocenters. The maximum Gasteiger partial charge on any atom is 0.350 e. The molecule has 2 amide bonds. The summed E-state index contributed by atoms with van der Waals surface area (Å²) < 4.78 is 4.72. The summed E-state index contributed by atoms with van der Waals surface area (Å²) in [6.07, 6.45) is 3.26. The maximum atomic E-state index is 12.1. The van der Waals surface area contributed by atoms with E-state index in [0.29, 0.717) is 10.6 Å². The standard InChI is InChI=1S/C13H18N2O3S/c1-9-8-19-11(12(16)18-2)10(9)14-13(17)15-6-4-3-5-7-15/h8H,3-7H2,1-2H3,(H,14,17). The molecule has 1 N–H and O–H groups in total. The van der Waals surface area contributed by atoms with Gasteiger partial charge in [0.25, 0.3) is 0 Å². The predicted octanol–water partition coefficient (Wildman–Crippen LogP) is 2.86. The van der Waals surface area contributed by atoms with Crippen molar-refractivity contribution >= 4 is 29.0 Å². The average Bonchev–Trinajstić information content (AvgIpc) is 2.80. The molecule has 1 aromatic heterocycles. The molecule has 19 heavy (non-hydrogen) atoms. The van der Waals surface area contributed by atoms with E-state index in [1.54, 1.807) is 4.90 Å². The van der Waals surface area contributed by atoms with Crippen LogP contribution < -0.4 is 5.32 Å². The molecule has 1 aromatic rings. The number of likely N-dealkylation sites (tertiary alicyclic amines) is 1. The fourth-order valence-electron chi connectivity index (χ4n) is 2.13. The first-order valence-corrected chi connectivity index (χ1v) is 7.23. The van der Waals surface area contributed by atoms with Crippen LogP contribution in [-0.4, -0.2) is 37.1 Å². The summed E-state index contributed by atoms with van der Waals surface area (Å²) in [4.78, 5) is 26.0. The fourth-order valence-corrected chi connectivity index (χ4v) is 3.05. The number of piperidine rings is 1. The Bertz CT molecular complexity index is 478. The third-order valence-electron chi connectivity index (χ3n) is 3.22. The second-order valence-electron chi connectivity index (χ2n) is 4.59. The average molecular weight is 282 g/mol. The quantitative estimate of drug-likeness (QED) is 0.849. The van der Waals surface area contributed by atoms with Gasteiger partial charge in [0.1, 0.15) is 4.88 Å². The highest BCUT2D eigenvalue weighted by atomic mass is 32.1. The van der Waals surface area contributed by atoms with Crippen molar-refractivity contribution in [3.05, 3.63) is 15.8 Å². The van der Waals surface area contributed by atoms with Crippen molar-refractivity contribution in [3.8, 4) is 0 Å². The highest BCUT2D eigenvalue weighted by molar-refractivity contribution is 7.12. The third-order valence-corrected chi connectivity index (χ3v) is 4.30. The second kappa shape index (κ2) is 6.06. The van der Waals surface area contributed by atoms with Crippen molar-refractivity contribution in [2.45, 2.75) is 26.2 Å². The Morgan fingerprint density at radius 1 is 1.32 bits per heavy atom. The van der Waals surface area contributed by atoms with E-state index in [-0.39, 0.29) is 6.03 Å². The molecule has 0 saturated carbocycles. The molecule has 1 fully saturated rings. The summed E-state index contributed by atoms with van der Waals surface area (Å²) in [6, 6.07) is -0.133. The number of carbonyl (C=O) groups is 2. The van der Waals surface area contributed by atoms with Crippen LogP contribution in [0.4, 0.5) is 10.5 Å². The van der Waals surface area contributed by atoms with Crippen LogP contribution in [0.2, 0.25) is 0 Å². The van der Waals surface area contributed by atoms with Crippen LogP contribution in [0.15, 0.2) is 5.38 Å². The van der Waals surface area contributed by atoms with Gasteiger partial charge in [0.15, 0.2) is 0 Å². The monoisotopic (exact) mass is 282 g/mol. The highest BCUT2D eigenvalue weighted by Crippen LogP contribution is 2.28. The topological polar surface area (TPSA) is 58.6 Å². The molecule has 0 bridgehead atoms. The lowest BCUT2D eigenvalue weighted by Crippen LogP contribution is -2.39. The molecular weight excluding hydrogens is 264 g/mol. The van der Waals surface area contributed by atoms with Crippen molar-refractivity contribution < 1.29 is 14.3 Å². The number of nitrogens with one attached hydrogen (secondary N) is 1. The number of esters is 1. The second-order valence-corrected chi connectivity index (χ2v) is 5.47. The van der Waals surface area contributed by atoms with Crippen LogP contribution in [0.25, 0.3) is 0 Å². The molecule has 5 nitrogen and oxygen atoms in total. The molecular formula is C13H18N2O3S. The number of anilines is 1. The number of rotatable bonds is 2. The molecule has 2 heterocycles. The molecule has 0 aromatic carbocycles. The Labute approximate surface area is 116 Å². The number of carbonyl (C=O) groups excluding carboxylic acids is 2. The van der Waals surface area contributed by atoms with Gasteiger partial charge in [0, 0.05) is 13.1 Å².